The van der Waals surface area contributed by atoms with Crippen LogP contribution in [0.3, 0.4) is 0 Å². The molecule has 1 aliphatic heterocycles. The van der Waals surface area contributed by atoms with Crippen LogP contribution in [0.2, 0.25) is 0 Å². The quantitative estimate of drug-likeness (QED) is 0.688. The number of nitro groups is 1. The summed E-state index contributed by atoms with van der Waals surface area (Å²) in [5.74, 6) is -2.14. The first-order valence-electron chi connectivity index (χ1n) is 6.84. The lowest BCUT2D eigenvalue weighted by atomic mass is 9.57. The topological polar surface area (TPSA) is 64.4 Å². The second-order valence-corrected chi connectivity index (χ2v) is 6.20. The summed E-state index contributed by atoms with van der Waals surface area (Å²) in [5.41, 5.74) is -1.11. The van der Waals surface area contributed by atoms with Gasteiger partial charge in [0, 0.05) is 30.0 Å². The number of rotatable bonds is 3. The molecule has 0 radical (unpaired) electrons. The number of ether oxygens (including phenoxy) is 1. The molecule has 1 N–H and O–H groups in total. The fourth-order valence-electron chi connectivity index (χ4n) is 3.60. The van der Waals surface area contributed by atoms with Crippen molar-refractivity contribution in [3.8, 4) is 0 Å². The summed E-state index contributed by atoms with van der Waals surface area (Å²) in [6.45, 7) is 4.55. The zero-order valence-corrected chi connectivity index (χ0v) is 11.7. The molecule has 3 rings (SSSR count). The van der Waals surface area contributed by atoms with E-state index in [2.05, 4.69) is 5.32 Å². The lowest BCUT2D eigenvalue weighted by Crippen LogP contribution is -2.63. The summed E-state index contributed by atoms with van der Waals surface area (Å²) in [6, 6.07) is 1.57. The molecule has 1 heterocycles. The molecule has 0 spiro atoms. The van der Waals surface area contributed by atoms with Crippen LogP contribution in [0.1, 0.15) is 20.3 Å². The van der Waals surface area contributed by atoms with Crippen molar-refractivity contribution in [1.29, 1.82) is 0 Å². The molecule has 7 heteroatoms. The minimum absolute atomic E-state index is 0.0608. The summed E-state index contributed by atoms with van der Waals surface area (Å²) in [7, 11) is 0. The largest absolute Gasteiger partial charge is 0.377 e. The van der Waals surface area contributed by atoms with Gasteiger partial charge >= 0.3 is 0 Å². The maximum Gasteiger partial charge on any atom is 0.295 e. The predicted octanol–water partition coefficient (Wildman–Crippen LogP) is 3.10. The number of hydrogen-bond acceptors (Lipinski definition) is 4. The molecular weight excluding hydrogens is 282 g/mol. The number of anilines is 1. The predicted molar refractivity (Wildman–Crippen MR) is 72.1 cm³/mol. The van der Waals surface area contributed by atoms with Crippen molar-refractivity contribution in [2.24, 2.45) is 11.3 Å². The third kappa shape index (κ3) is 1.98. The maximum absolute atomic E-state index is 14.0. The van der Waals surface area contributed by atoms with E-state index in [1.54, 1.807) is 0 Å². The highest BCUT2D eigenvalue weighted by Crippen LogP contribution is 2.53. The van der Waals surface area contributed by atoms with Crippen molar-refractivity contribution >= 4 is 11.4 Å². The van der Waals surface area contributed by atoms with Crippen LogP contribution in [0.15, 0.2) is 12.1 Å². The normalized spacial score (nSPS) is 29.6. The van der Waals surface area contributed by atoms with Gasteiger partial charge < -0.3 is 10.1 Å². The number of benzene rings is 1. The van der Waals surface area contributed by atoms with Crippen molar-refractivity contribution < 1.29 is 18.4 Å². The van der Waals surface area contributed by atoms with Gasteiger partial charge in [0.05, 0.1) is 11.0 Å². The first-order chi connectivity index (χ1) is 9.84. The van der Waals surface area contributed by atoms with E-state index in [0.717, 1.165) is 18.6 Å². The Hall–Kier alpha value is -1.76. The molecule has 2 fully saturated rings. The van der Waals surface area contributed by atoms with E-state index in [9.17, 15) is 18.9 Å². The van der Waals surface area contributed by atoms with Gasteiger partial charge in [-0.2, -0.15) is 0 Å². The fourth-order valence-corrected chi connectivity index (χ4v) is 3.60. The highest BCUT2D eigenvalue weighted by Gasteiger charge is 2.59. The number of fused-ring (bicyclic) bond motifs is 1. The van der Waals surface area contributed by atoms with Gasteiger partial charge in [0.1, 0.15) is 0 Å². The maximum atomic E-state index is 14.0. The Labute approximate surface area is 120 Å². The first-order valence-corrected chi connectivity index (χ1v) is 6.84. The van der Waals surface area contributed by atoms with E-state index in [0.29, 0.717) is 6.61 Å². The van der Waals surface area contributed by atoms with Crippen LogP contribution in [0, 0.1) is 33.1 Å². The summed E-state index contributed by atoms with van der Waals surface area (Å²) >= 11 is 0. The molecule has 1 aromatic carbocycles. The van der Waals surface area contributed by atoms with Crippen molar-refractivity contribution in [1.82, 2.24) is 0 Å². The Kier molecular flexibility index (Phi) is 3.12. The average Bonchev–Trinajstić information content (AvgIpc) is 2.86. The molecule has 3 atom stereocenters. The number of nitrogens with one attached hydrogen (secondary N) is 1. The van der Waals surface area contributed by atoms with E-state index in [4.69, 9.17) is 4.74 Å². The lowest BCUT2D eigenvalue weighted by molar-refractivity contribution is -0.384. The van der Waals surface area contributed by atoms with Crippen LogP contribution in [-0.4, -0.2) is 23.7 Å². The molecule has 3 unspecified atom stereocenters. The van der Waals surface area contributed by atoms with Crippen LogP contribution in [0.5, 0.6) is 0 Å². The molecule has 0 amide bonds. The molecule has 5 nitrogen and oxygen atoms in total. The Bertz CT molecular complexity index is 606. The molecule has 1 aliphatic carbocycles. The van der Waals surface area contributed by atoms with E-state index in [-0.39, 0.29) is 29.2 Å². The van der Waals surface area contributed by atoms with Crippen molar-refractivity contribution in [2.75, 3.05) is 11.9 Å². The highest BCUT2D eigenvalue weighted by atomic mass is 19.2. The van der Waals surface area contributed by atoms with E-state index < -0.39 is 22.2 Å². The van der Waals surface area contributed by atoms with Crippen LogP contribution in [-0.2, 0) is 4.74 Å². The molecule has 1 aromatic rings. The number of nitrogens with zero attached hydrogens (tertiary/aromatic N) is 1. The third-order valence-corrected chi connectivity index (χ3v) is 4.67. The Morgan fingerprint density at radius 1 is 1.43 bits per heavy atom. The Balaban J connectivity index is 1.95. The van der Waals surface area contributed by atoms with Gasteiger partial charge in [0.25, 0.3) is 5.69 Å². The van der Waals surface area contributed by atoms with Crippen LogP contribution < -0.4 is 5.32 Å². The summed E-state index contributed by atoms with van der Waals surface area (Å²) in [6.07, 6.45) is 0.877. The molecule has 1 saturated heterocycles. The van der Waals surface area contributed by atoms with E-state index >= 15 is 0 Å². The van der Waals surface area contributed by atoms with Crippen LogP contribution in [0.4, 0.5) is 20.2 Å². The second-order valence-electron chi connectivity index (χ2n) is 6.20. The molecule has 0 bridgehead atoms. The molecular formula is C14H16F2N2O3. The molecule has 21 heavy (non-hydrogen) atoms. The highest BCUT2D eigenvalue weighted by molar-refractivity contribution is 5.63. The van der Waals surface area contributed by atoms with Gasteiger partial charge in [-0.25, -0.2) is 8.78 Å². The fraction of sp³-hybridized carbons (Fsp3) is 0.571. The molecule has 114 valence electrons. The van der Waals surface area contributed by atoms with Crippen molar-refractivity contribution in [2.45, 2.75) is 32.4 Å². The summed E-state index contributed by atoms with van der Waals surface area (Å²) < 4.78 is 33.0. The number of nitro benzene ring substituents is 1. The SMILES string of the molecule is CC1(C)C(Nc2c([N+](=O)[O-])ccc(F)c2F)C2CCOC21. The average molecular weight is 298 g/mol. The second kappa shape index (κ2) is 4.62. The standard InChI is InChI=1S/C14H16F2N2O3/c1-14(2)12(7-5-6-21-13(7)14)17-11-9(18(19)20)4-3-8(15)10(11)16/h3-4,7,12-13,17H,5-6H2,1-2H3. The number of halogens is 2. The smallest absolute Gasteiger partial charge is 0.295 e. The minimum atomic E-state index is -1.21. The van der Waals surface area contributed by atoms with E-state index in [1.165, 1.54) is 0 Å². The van der Waals surface area contributed by atoms with Gasteiger partial charge in [-0.3, -0.25) is 10.1 Å². The first kappa shape index (κ1) is 14.2. The zero-order valence-electron chi connectivity index (χ0n) is 11.7. The van der Waals surface area contributed by atoms with Crippen molar-refractivity contribution in [3.63, 3.8) is 0 Å². The molecule has 2 aliphatic rings. The zero-order chi connectivity index (χ0) is 15.4. The monoisotopic (exact) mass is 298 g/mol. The lowest BCUT2D eigenvalue weighted by Gasteiger charge is -2.54. The minimum Gasteiger partial charge on any atom is -0.377 e. The Morgan fingerprint density at radius 2 is 2.14 bits per heavy atom. The van der Waals surface area contributed by atoms with Crippen LogP contribution >= 0.6 is 0 Å². The van der Waals surface area contributed by atoms with Gasteiger partial charge in [0.2, 0.25) is 0 Å². The van der Waals surface area contributed by atoms with Gasteiger partial charge in [-0.05, 0) is 12.5 Å². The van der Waals surface area contributed by atoms with Crippen molar-refractivity contribution in [3.05, 3.63) is 33.9 Å². The molecule has 0 aromatic heterocycles. The third-order valence-electron chi connectivity index (χ3n) is 4.67. The van der Waals surface area contributed by atoms with Crippen LogP contribution in [0.25, 0.3) is 0 Å². The number of hydrogen-bond donors (Lipinski definition) is 1. The summed E-state index contributed by atoms with van der Waals surface area (Å²) in [4.78, 5) is 10.3. The van der Waals surface area contributed by atoms with Gasteiger partial charge in [0.15, 0.2) is 17.3 Å². The molecule has 1 saturated carbocycles. The van der Waals surface area contributed by atoms with E-state index in [1.807, 2.05) is 13.8 Å². The summed E-state index contributed by atoms with van der Waals surface area (Å²) in [5, 5.41) is 13.9. The van der Waals surface area contributed by atoms with Gasteiger partial charge in [-0.1, -0.05) is 13.8 Å². The van der Waals surface area contributed by atoms with Gasteiger partial charge in [-0.15, -0.1) is 0 Å². The Morgan fingerprint density at radius 3 is 2.81 bits per heavy atom.